The Bertz CT molecular complexity index is 953. The molecular formula is C22H22F3N3O2. The summed E-state index contributed by atoms with van der Waals surface area (Å²) in [6, 6.07) is 12.7. The number of anilines is 1. The van der Waals surface area contributed by atoms with Crippen molar-refractivity contribution in [2.45, 2.75) is 12.6 Å². The molecule has 0 bridgehead atoms. The van der Waals surface area contributed by atoms with Gasteiger partial charge in [0, 0.05) is 38.4 Å². The molecule has 30 heavy (non-hydrogen) atoms. The van der Waals surface area contributed by atoms with Crippen molar-refractivity contribution < 1.29 is 22.8 Å². The van der Waals surface area contributed by atoms with Crippen LogP contribution in [0.15, 0.2) is 48.5 Å². The van der Waals surface area contributed by atoms with Crippen LogP contribution in [0.3, 0.4) is 0 Å². The summed E-state index contributed by atoms with van der Waals surface area (Å²) in [6.45, 7) is 2.35. The van der Waals surface area contributed by atoms with Gasteiger partial charge < -0.3 is 9.80 Å². The molecule has 1 saturated heterocycles. The summed E-state index contributed by atoms with van der Waals surface area (Å²) in [5, 5.41) is 0. The molecule has 2 heterocycles. The van der Waals surface area contributed by atoms with E-state index >= 15 is 0 Å². The van der Waals surface area contributed by atoms with Crippen molar-refractivity contribution in [1.82, 2.24) is 9.80 Å². The molecule has 2 aromatic carbocycles. The first kappa shape index (κ1) is 20.4. The van der Waals surface area contributed by atoms with Gasteiger partial charge in [-0.1, -0.05) is 30.3 Å². The maximum atomic E-state index is 13.2. The lowest BCUT2D eigenvalue weighted by atomic mass is 10.1. The van der Waals surface area contributed by atoms with E-state index in [9.17, 15) is 22.8 Å². The minimum absolute atomic E-state index is 0.00198. The number of piperazine rings is 1. The van der Waals surface area contributed by atoms with Gasteiger partial charge in [0.2, 0.25) is 5.91 Å². The third-order valence-electron chi connectivity index (χ3n) is 5.67. The molecule has 2 amide bonds. The highest BCUT2D eigenvalue weighted by Gasteiger charge is 2.36. The zero-order valence-electron chi connectivity index (χ0n) is 16.4. The Balaban J connectivity index is 1.36. The van der Waals surface area contributed by atoms with E-state index in [-0.39, 0.29) is 31.1 Å². The SMILES string of the molecule is O=C(c1ccccc1C(F)(F)F)N1CCN(CC(=O)N2CCc3ccccc32)CC1. The van der Waals surface area contributed by atoms with Gasteiger partial charge in [0.1, 0.15) is 0 Å². The van der Waals surface area contributed by atoms with Crippen molar-refractivity contribution in [1.29, 1.82) is 0 Å². The van der Waals surface area contributed by atoms with Gasteiger partial charge in [-0.2, -0.15) is 13.2 Å². The van der Waals surface area contributed by atoms with Crippen LogP contribution < -0.4 is 4.90 Å². The third-order valence-corrected chi connectivity index (χ3v) is 5.67. The third kappa shape index (κ3) is 4.05. The molecule has 0 atom stereocenters. The van der Waals surface area contributed by atoms with Gasteiger partial charge in [-0.15, -0.1) is 0 Å². The Morgan fingerprint density at radius 1 is 0.867 bits per heavy atom. The molecule has 0 saturated carbocycles. The minimum Gasteiger partial charge on any atom is -0.336 e. The van der Waals surface area contributed by atoms with Crippen LogP contribution in [0.5, 0.6) is 0 Å². The maximum Gasteiger partial charge on any atom is 0.417 e. The standard InChI is InChI=1S/C22H22F3N3O2/c23-22(24,25)18-7-3-2-6-17(18)21(30)27-13-11-26(12-14-27)15-20(29)28-10-9-16-5-1-4-8-19(16)28/h1-8H,9-15H2. The lowest BCUT2D eigenvalue weighted by molar-refractivity contribution is -0.138. The number of carbonyl (C=O) groups excluding carboxylic acids is 2. The number of carbonyl (C=O) groups is 2. The average Bonchev–Trinajstić information content (AvgIpc) is 3.17. The second kappa shape index (κ2) is 8.10. The number of alkyl halides is 3. The van der Waals surface area contributed by atoms with Crippen molar-refractivity contribution >= 4 is 17.5 Å². The zero-order valence-corrected chi connectivity index (χ0v) is 16.4. The molecule has 2 aliphatic heterocycles. The summed E-state index contributed by atoms with van der Waals surface area (Å²) in [6.07, 6.45) is -3.74. The van der Waals surface area contributed by atoms with Crippen molar-refractivity contribution in [2.75, 3.05) is 44.2 Å². The van der Waals surface area contributed by atoms with Crippen LogP contribution in [0.2, 0.25) is 0 Å². The molecule has 4 rings (SSSR count). The number of amides is 2. The lowest BCUT2D eigenvalue weighted by Gasteiger charge is -2.35. The van der Waals surface area contributed by atoms with E-state index in [2.05, 4.69) is 0 Å². The smallest absolute Gasteiger partial charge is 0.336 e. The second-order valence-electron chi connectivity index (χ2n) is 7.54. The molecular weight excluding hydrogens is 395 g/mol. The van der Waals surface area contributed by atoms with Gasteiger partial charge in [-0.25, -0.2) is 0 Å². The molecule has 0 spiro atoms. The molecule has 8 heteroatoms. The van der Waals surface area contributed by atoms with Gasteiger partial charge in [-0.3, -0.25) is 14.5 Å². The summed E-state index contributed by atoms with van der Waals surface area (Å²) >= 11 is 0. The molecule has 0 radical (unpaired) electrons. The number of halogens is 3. The zero-order chi connectivity index (χ0) is 21.3. The van der Waals surface area contributed by atoms with Crippen LogP contribution in [0.4, 0.5) is 18.9 Å². The summed E-state index contributed by atoms with van der Waals surface area (Å²) in [5.74, 6) is -0.621. The fourth-order valence-electron chi connectivity index (χ4n) is 4.07. The molecule has 0 N–H and O–H groups in total. The summed E-state index contributed by atoms with van der Waals surface area (Å²) < 4.78 is 39.6. The van der Waals surface area contributed by atoms with E-state index in [0.29, 0.717) is 19.6 Å². The molecule has 0 aliphatic carbocycles. The van der Waals surface area contributed by atoms with Crippen molar-refractivity contribution in [3.05, 3.63) is 65.2 Å². The van der Waals surface area contributed by atoms with Gasteiger partial charge in [0.25, 0.3) is 5.91 Å². The van der Waals surface area contributed by atoms with E-state index in [1.54, 1.807) is 4.90 Å². The number of benzene rings is 2. The monoisotopic (exact) mass is 417 g/mol. The average molecular weight is 417 g/mol. The first-order valence-electron chi connectivity index (χ1n) is 9.91. The predicted octanol–water partition coefficient (Wildman–Crippen LogP) is 3.05. The Hall–Kier alpha value is -2.87. The van der Waals surface area contributed by atoms with Crippen molar-refractivity contribution in [3.63, 3.8) is 0 Å². The molecule has 2 aromatic rings. The highest BCUT2D eigenvalue weighted by atomic mass is 19.4. The Labute approximate surface area is 172 Å². The molecule has 158 valence electrons. The van der Waals surface area contributed by atoms with E-state index in [1.165, 1.54) is 23.1 Å². The molecule has 2 aliphatic rings. The summed E-state index contributed by atoms with van der Waals surface area (Å²) in [5.41, 5.74) is 0.855. The van der Waals surface area contributed by atoms with E-state index < -0.39 is 17.6 Å². The molecule has 1 fully saturated rings. The van der Waals surface area contributed by atoms with Crippen molar-refractivity contribution in [3.8, 4) is 0 Å². The first-order valence-corrected chi connectivity index (χ1v) is 9.91. The Morgan fingerprint density at radius 3 is 2.27 bits per heavy atom. The van der Waals surface area contributed by atoms with Crippen LogP contribution in [0.1, 0.15) is 21.5 Å². The van der Waals surface area contributed by atoms with Crippen LogP contribution >= 0.6 is 0 Å². The van der Waals surface area contributed by atoms with E-state index in [1.807, 2.05) is 29.2 Å². The highest BCUT2D eigenvalue weighted by Crippen LogP contribution is 2.32. The van der Waals surface area contributed by atoms with Gasteiger partial charge >= 0.3 is 6.18 Å². The van der Waals surface area contributed by atoms with Crippen LogP contribution in [0, 0.1) is 0 Å². The van der Waals surface area contributed by atoms with Crippen LogP contribution in [-0.2, 0) is 17.4 Å². The normalized spacial score (nSPS) is 17.2. The summed E-state index contributed by atoms with van der Waals surface area (Å²) in [7, 11) is 0. The summed E-state index contributed by atoms with van der Waals surface area (Å²) in [4.78, 5) is 30.6. The van der Waals surface area contributed by atoms with Crippen LogP contribution in [-0.4, -0.2) is 60.9 Å². The minimum atomic E-state index is -4.58. The quantitative estimate of drug-likeness (QED) is 0.771. The van der Waals surface area contributed by atoms with Crippen LogP contribution in [0.25, 0.3) is 0 Å². The fourth-order valence-corrected chi connectivity index (χ4v) is 4.07. The topological polar surface area (TPSA) is 43.9 Å². The van der Waals surface area contributed by atoms with Gasteiger partial charge in [0.05, 0.1) is 17.7 Å². The maximum absolute atomic E-state index is 13.2. The largest absolute Gasteiger partial charge is 0.417 e. The number of hydrogen-bond donors (Lipinski definition) is 0. The Kier molecular flexibility index (Phi) is 5.51. The number of para-hydroxylation sites is 1. The highest BCUT2D eigenvalue weighted by molar-refractivity contribution is 5.97. The molecule has 5 nitrogen and oxygen atoms in total. The number of rotatable bonds is 3. The number of fused-ring (bicyclic) bond motifs is 1. The number of nitrogens with zero attached hydrogens (tertiary/aromatic N) is 3. The van der Waals surface area contributed by atoms with Gasteiger partial charge in [-0.05, 0) is 30.2 Å². The van der Waals surface area contributed by atoms with Gasteiger partial charge in [0.15, 0.2) is 0 Å². The first-order chi connectivity index (χ1) is 14.3. The lowest BCUT2D eigenvalue weighted by Crippen LogP contribution is -2.51. The van der Waals surface area contributed by atoms with E-state index in [0.717, 1.165) is 23.7 Å². The second-order valence-corrected chi connectivity index (χ2v) is 7.54. The molecule has 0 aromatic heterocycles. The molecule has 0 unspecified atom stereocenters. The number of hydrogen-bond acceptors (Lipinski definition) is 3. The predicted molar refractivity (Wildman–Crippen MR) is 106 cm³/mol. The Morgan fingerprint density at radius 2 is 1.53 bits per heavy atom. The van der Waals surface area contributed by atoms with E-state index in [4.69, 9.17) is 0 Å². The fraction of sp³-hybridized carbons (Fsp3) is 0.364. The van der Waals surface area contributed by atoms with Crippen molar-refractivity contribution in [2.24, 2.45) is 0 Å².